The molecule has 2 fully saturated rings. The highest BCUT2D eigenvalue weighted by atomic mass is 16.3. The molecule has 0 aromatic heterocycles. The Hall–Kier alpha value is -1.06. The Kier molecular flexibility index (Phi) is 3.51. The minimum Gasteiger partial charge on any atom is -0.508 e. The van der Waals surface area contributed by atoms with Crippen LogP contribution in [0.5, 0.6) is 5.75 Å². The Morgan fingerprint density at radius 1 is 1.22 bits per heavy atom. The molecule has 3 nitrogen and oxygen atoms in total. The maximum atomic E-state index is 11.3. The summed E-state index contributed by atoms with van der Waals surface area (Å²) in [6.45, 7) is 2.90. The van der Waals surface area contributed by atoms with E-state index in [1.165, 1.54) is 17.5 Å². The lowest BCUT2D eigenvalue weighted by atomic mass is 9.53. The molecule has 3 heteroatoms. The Morgan fingerprint density at radius 3 is 2.83 bits per heavy atom. The molecule has 0 bridgehead atoms. The Balaban J connectivity index is 1.67. The zero-order valence-corrected chi connectivity index (χ0v) is 14.1. The normalized spacial score (nSPS) is 42.0. The first kappa shape index (κ1) is 15.5. The van der Waals surface area contributed by atoms with Crippen molar-refractivity contribution in [2.75, 3.05) is 6.54 Å². The van der Waals surface area contributed by atoms with E-state index in [2.05, 4.69) is 13.0 Å². The molecule has 3 aliphatic carbocycles. The Morgan fingerprint density at radius 2 is 2.04 bits per heavy atom. The van der Waals surface area contributed by atoms with Gasteiger partial charge in [0.05, 0.1) is 5.60 Å². The van der Waals surface area contributed by atoms with Gasteiger partial charge in [0.25, 0.3) is 0 Å². The highest BCUT2D eigenvalue weighted by Gasteiger charge is 2.60. The summed E-state index contributed by atoms with van der Waals surface area (Å²) in [5.41, 5.74) is 8.06. The fraction of sp³-hybridized carbons (Fsp3) is 0.700. The quantitative estimate of drug-likeness (QED) is 0.784. The summed E-state index contributed by atoms with van der Waals surface area (Å²) in [6.07, 6.45) is 7.30. The van der Waals surface area contributed by atoms with E-state index in [-0.39, 0.29) is 5.41 Å². The molecule has 0 amide bonds. The van der Waals surface area contributed by atoms with Crippen LogP contribution in [0, 0.1) is 17.3 Å². The molecule has 2 saturated carbocycles. The third kappa shape index (κ3) is 2.09. The van der Waals surface area contributed by atoms with Crippen LogP contribution in [0.4, 0.5) is 0 Å². The van der Waals surface area contributed by atoms with Crippen LogP contribution in [0.1, 0.15) is 62.5 Å². The average molecular weight is 315 g/mol. The number of aromatic hydroxyl groups is 1. The zero-order chi connectivity index (χ0) is 16.2. The van der Waals surface area contributed by atoms with Crippen LogP contribution in [-0.4, -0.2) is 22.4 Å². The summed E-state index contributed by atoms with van der Waals surface area (Å²) in [5.74, 6) is 2.29. The van der Waals surface area contributed by atoms with Crippen LogP contribution in [0.15, 0.2) is 18.2 Å². The van der Waals surface area contributed by atoms with E-state index < -0.39 is 5.60 Å². The van der Waals surface area contributed by atoms with Crippen LogP contribution in [0.2, 0.25) is 0 Å². The van der Waals surface area contributed by atoms with Gasteiger partial charge in [0.1, 0.15) is 5.75 Å². The molecule has 0 radical (unpaired) electrons. The molecule has 4 rings (SSSR count). The molecule has 4 N–H and O–H groups in total. The molecule has 0 heterocycles. The first-order valence-corrected chi connectivity index (χ1v) is 9.23. The molecule has 0 unspecified atom stereocenters. The van der Waals surface area contributed by atoms with Crippen molar-refractivity contribution < 1.29 is 10.2 Å². The fourth-order valence-electron chi connectivity index (χ4n) is 6.33. The number of rotatable bonds is 2. The number of phenols is 1. The van der Waals surface area contributed by atoms with Gasteiger partial charge in [0, 0.05) is 0 Å². The summed E-state index contributed by atoms with van der Waals surface area (Å²) in [4.78, 5) is 0. The van der Waals surface area contributed by atoms with Crippen molar-refractivity contribution in [3.05, 3.63) is 29.3 Å². The lowest BCUT2D eigenvalue weighted by Gasteiger charge is -2.53. The second-order valence-corrected chi connectivity index (χ2v) is 8.36. The Labute approximate surface area is 138 Å². The first-order chi connectivity index (χ1) is 11.0. The number of nitrogens with two attached hydrogens (primary N) is 1. The van der Waals surface area contributed by atoms with Gasteiger partial charge in [-0.3, -0.25) is 0 Å². The molecule has 0 spiro atoms. The zero-order valence-electron chi connectivity index (χ0n) is 14.1. The average Bonchev–Trinajstić information content (AvgIpc) is 2.79. The fourth-order valence-corrected chi connectivity index (χ4v) is 6.33. The van der Waals surface area contributed by atoms with Crippen molar-refractivity contribution in [2.45, 2.75) is 63.4 Å². The molecule has 126 valence electrons. The summed E-state index contributed by atoms with van der Waals surface area (Å²) >= 11 is 0. The van der Waals surface area contributed by atoms with Gasteiger partial charge in [-0.15, -0.1) is 0 Å². The van der Waals surface area contributed by atoms with Gasteiger partial charge < -0.3 is 15.9 Å². The highest BCUT2D eigenvalue weighted by molar-refractivity contribution is 5.40. The SMILES string of the molecule is C[C@]12CC[C@@H]3c4ccc(O)cc4CC[C@H]3[C@@H]1CC[C@@]2(O)CCN. The van der Waals surface area contributed by atoms with Crippen molar-refractivity contribution in [1.82, 2.24) is 0 Å². The van der Waals surface area contributed by atoms with Crippen LogP contribution < -0.4 is 5.73 Å². The molecule has 0 saturated heterocycles. The molecule has 1 aromatic rings. The number of benzene rings is 1. The van der Waals surface area contributed by atoms with E-state index in [1.54, 1.807) is 0 Å². The summed E-state index contributed by atoms with van der Waals surface area (Å²) < 4.78 is 0. The van der Waals surface area contributed by atoms with E-state index >= 15 is 0 Å². The van der Waals surface area contributed by atoms with Crippen LogP contribution in [0.3, 0.4) is 0 Å². The van der Waals surface area contributed by atoms with E-state index in [0.29, 0.717) is 30.0 Å². The number of aliphatic hydroxyl groups is 1. The van der Waals surface area contributed by atoms with Gasteiger partial charge in [-0.05, 0) is 97.9 Å². The molecular formula is C20H29NO2. The predicted octanol–water partition coefficient (Wildman–Crippen LogP) is 3.33. The Bertz CT molecular complexity index is 616. The third-order valence-corrected chi connectivity index (χ3v) is 7.59. The number of hydrogen-bond acceptors (Lipinski definition) is 3. The lowest BCUT2D eigenvalue weighted by molar-refractivity contribution is -0.105. The first-order valence-electron chi connectivity index (χ1n) is 9.23. The highest BCUT2D eigenvalue weighted by Crippen LogP contribution is 2.64. The van der Waals surface area contributed by atoms with Gasteiger partial charge in [0.2, 0.25) is 0 Å². The maximum absolute atomic E-state index is 11.3. The standard InChI is InChI=1S/C20H29NO2/c1-19-8-6-16-15-5-3-14(22)12-13(15)2-4-17(16)18(19)7-9-20(19,23)10-11-21/h3,5,12,16-18,22-23H,2,4,6-11,21H2,1H3/t16-,17-,18+,19+,20-/m1/s1. The third-order valence-electron chi connectivity index (χ3n) is 7.59. The van der Waals surface area contributed by atoms with Gasteiger partial charge >= 0.3 is 0 Å². The number of fused-ring (bicyclic) bond motifs is 5. The molecular weight excluding hydrogens is 286 g/mol. The van der Waals surface area contributed by atoms with Gasteiger partial charge in [0.15, 0.2) is 0 Å². The number of aryl methyl sites for hydroxylation is 1. The van der Waals surface area contributed by atoms with Gasteiger partial charge in [-0.2, -0.15) is 0 Å². The van der Waals surface area contributed by atoms with Crippen molar-refractivity contribution in [2.24, 2.45) is 23.0 Å². The molecule has 0 aliphatic heterocycles. The number of hydrogen-bond donors (Lipinski definition) is 3. The largest absolute Gasteiger partial charge is 0.508 e. The minimum atomic E-state index is -0.563. The van der Waals surface area contributed by atoms with E-state index in [0.717, 1.165) is 38.5 Å². The van der Waals surface area contributed by atoms with Crippen molar-refractivity contribution in [3.8, 4) is 5.75 Å². The summed E-state index contributed by atoms with van der Waals surface area (Å²) in [7, 11) is 0. The van der Waals surface area contributed by atoms with Crippen molar-refractivity contribution in [1.29, 1.82) is 0 Å². The second kappa shape index (κ2) is 5.22. The molecule has 5 atom stereocenters. The van der Waals surface area contributed by atoms with Crippen LogP contribution >= 0.6 is 0 Å². The second-order valence-electron chi connectivity index (χ2n) is 8.36. The van der Waals surface area contributed by atoms with Gasteiger partial charge in [-0.25, -0.2) is 0 Å². The monoisotopic (exact) mass is 315 g/mol. The summed E-state index contributed by atoms with van der Waals surface area (Å²) in [6, 6.07) is 5.94. The smallest absolute Gasteiger partial charge is 0.115 e. The van der Waals surface area contributed by atoms with E-state index in [4.69, 9.17) is 5.73 Å². The van der Waals surface area contributed by atoms with Gasteiger partial charge in [-0.1, -0.05) is 13.0 Å². The minimum absolute atomic E-state index is 0.0297. The molecule has 23 heavy (non-hydrogen) atoms. The van der Waals surface area contributed by atoms with E-state index in [9.17, 15) is 10.2 Å². The maximum Gasteiger partial charge on any atom is 0.115 e. The van der Waals surface area contributed by atoms with Crippen LogP contribution in [-0.2, 0) is 6.42 Å². The lowest BCUT2D eigenvalue weighted by Crippen LogP contribution is -2.51. The summed E-state index contributed by atoms with van der Waals surface area (Å²) in [5, 5.41) is 21.0. The van der Waals surface area contributed by atoms with E-state index in [1.807, 2.05) is 12.1 Å². The molecule has 3 aliphatic rings. The van der Waals surface area contributed by atoms with Crippen molar-refractivity contribution >= 4 is 0 Å². The number of phenolic OH excluding ortho intramolecular Hbond substituents is 1. The topological polar surface area (TPSA) is 66.5 Å². The van der Waals surface area contributed by atoms with Crippen molar-refractivity contribution in [3.63, 3.8) is 0 Å². The predicted molar refractivity (Wildman–Crippen MR) is 91.3 cm³/mol. The molecule has 1 aromatic carbocycles. The van der Waals surface area contributed by atoms with Crippen LogP contribution in [0.25, 0.3) is 0 Å².